The van der Waals surface area contributed by atoms with E-state index in [0.29, 0.717) is 12.3 Å². The van der Waals surface area contributed by atoms with Crippen molar-refractivity contribution in [2.75, 3.05) is 6.79 Å². The molecule has 4 rings (SSSR count). The molecule has 23 heavy (non-hydrogen) atoms. The molecule has 1 N–H and O–H groups in total. The number of benzene rings is 1. The van der Waals surface area contributed by atoms with Gasteiger partial charge in [0.2, 0.25) is 12.7 Å². The van der Waals surface area contributed by atoms with Crippen LogP contribution in [0.2, 0.25) is 0 Å². The van der Waals surface area contributed by atoms with Crippen LogP contribution in [-0.2, 0) is 11.3 Å². The van der Waals surface area contributed by atoms with Crippen LogP contribution in [0.3, 0.4) is 0 Å². The number of nitrogens with one attached hydrogen (secondary N) is 1. The molecule has 0 bridgehead atoms. The lowest BCUT2D eigenvalue weighted by atomic mass is 10.2. The molecular formula is C16H13N3O3S. The smallest absolute Gasteiger partial charge is 0.244 e. The topological polar surface area (TPSA) is 64.9 Å². The van der Waals surface area contributed by atoms with Gasteiger partial charge in [-0.2, -0.15) is 0 Å². The molecule has 0 fully saturated rings. The minimum absolute atomic E-state index is 0.168. The van der Waals surface area contributed by atoms with Gasteiger partial charge in [0.1, 0.15) is 0 Å². The third kappa shape index (κ3) is 2.91. The predicted molar refractivity (Wildman–Crippen MR) is 86.5 cm³/mol. The van der Waals surface area contributed by atoms with Crippen LogP contribution < -0.4 is 14.8 Å². The molecular weight excluding hydrogens is 314 g/mol. The fourth-order valence-electron chi connectivity index (χ4n) is 2.29. The van der Waals surface area contributed by atoms with Gasteiger partial charge < -0.3 is 14.8 Å². The Balaban J connectivity index is 1.36. The molecule has 0 saturated heterocycles. The molecule has 7 heteroatoms. The van der Waals surface area contributed by atoms with Gasteiger partial charge in [-0.25, -0.2) is 4.98 Å². The van der Waals surface area contributed by atoms with Crippen molar-refractivity contribution in [2.24, 2.45) is 0 Å². The van der Waals surface area contributed by atoms with Gasteiger partial charge in [0.25, 0.3) is 0 Å². The van der Waals surface area contributed by atoms with Gasteiger partial charge in [-0.15, -0.1) is 11.3 Å². The summed E-state index contributed by atoms with van der Waals surface area (Å²) >= 11 is 1.56. The standard InChI is InChI=1S/C16H13N3O3S/c20-15(17-8-12-9-19-5-6-23-16(19)18-12)4-2-11-1-3-13-14(7-11)22-10-21-13/h1-7,9H,8,10H2,(H,17,20)/b4-2+. The van der Waals surface area contributed by atoms with Crippen molar-refractivity contribution in [3.05, 3.63) is 53.3 Å². The summed E-state index contributed by atoms with van der Waals surface area (Å²) in [5.74, 6) is 1.26. The van der Waals surface area contributed by atoms with E-state index in [1.165, 1.54) is 6.08 Å². The monoisotopic (exact) mass is 327 g/mol. The summed E-state index contributed by atoms with van der Waals surface area (Å²) in [5, 5.41) is 4.79. The number of rotatable bonds is 4. The highest BCUT2D eigenvalue weighted by Gasteiger charge is 2.12. The molecule has 3 aromatic rings. The molecule has 1 aromatic carbocycles. The van der Waals surface area contributed by atoms with Gasteiger partial charge in [-0.3, -0.25) is 9.20 Å². The zero-order valence-corrected chi connectivity index (χ0v) is 12.9. The Bertz CT molecular complexity index is 869. The third-order valence-electron chi connectivity index (χ3n) is 3.41. The second-order valence-corrected chi connectivity index (χ2v) is 5.86. The number of hydrogen-bond donors (Lipinski definition) is 1. The molecule has 6 nitrogen and oxygen atoms in total. The second-order valence-electron chi connectivity index (χ2n) is 4.99. The van der Waals surface area contributed by atoms with Gasteiger partial charge >= 0.3 is 0 Å². The van der Waals surface area contributed by atoms with E-state index >= 15 is 0 Å². The number of carbonyl (C=O) groups is 1. The van der Waals surface area contributed by atoms with Crippen molar-refractivity contribution in [1.29, 1.82) is 0 Å². The molecule has 1 aliphatic rings. The molecule has 3 heterocycles. The average Bonchev–Trinajstić information content (AvgIpc) is 3.25. The lowest BCUT2D eigenvalue weighted by Gasteiger charge is -1.99. The normalized spacial score (nSPS) is 13.0. The summed E-state index contributed by atoms with van der Waals surface area (Å²) in [5.41, 5.74) is 1.72. The van der Waals surface area contributed by atoms with Gasteiger partial charge in [-0.05, 0) is 23.8 Å². The summed E-state index contributed by atoms with van der Waals surface area (Å²) < 4.78 is 12.5. The first kappa shape index (κ1) is 13.8. The van der Waals surface area contributed by atoms with Crippen molar-refractivity contribution < 1.29 is 14.3 Å². The maximum Gasteiger partial charge on any atom is 0.244 e. The van der Waals surface area contributed by atoms with Crippen LogP contribution in [0.4, 0.5) is 0 Å². The van der Waals surface area contributed by atoms with Crippen molar-refractivity contribution in [3.63, 3.8) is 0 Å². The second kappa shape index (κ2) is 5.77. The number of fused-ring (bicyclic) bond motifs is 2. The van der Waals surface area contributed by atoms with Crippen molar-refractivity contribution in [1.82, 2.24) is 14.7 Å². The van der Waals surface area contributed by atoms with Crippen molar-refractivity contribution in [3.8, 4) is 11.5 Å². The van der Waals surface area contributed by atoms with Gasteiger partial charge in [0.05, 0.1) is 12.2 Å². The van der Waals surface area contributed by atoms with Crippen LogP contribution in [0.15, 0.2) is 42.0 Å². The van der Waals surface area contributed by atoms with Crippen molar-refractivity contribution in [2.45, 2.75) is 6.54 Å². The first-order valence-electron chi connectivity index (χ1n) is 7.04. The number of imidazole rings is 1. The molecule has 0 radical (unpaired) electrons. The minimum atomic E-state index is -0.168. The molecule has 2 aromatic heterocycles. The molecule has 1 aliphatic heterocycles. The zero-order valence-electron chi connectivity index (χ0n) is 12.1. The molecule has 116 valence electrons. The molecule has 0 spiro atoms. The lowest BCUT2D eigenvalue weighted by Crippen LogP contribution is -2.20. The summed E-state index contributed by atoms with van der Waals surface area (Å²) in [6.45, 7) is 0.643. The average molecular weight is 327 g/mol. The Labute approximate surface area is 136 Å². The van der Waals surface area contributed by atoms with Crippen molar-refractivity contribution >= 4 is 28.3 Å². The molecule has 1 amide bonds. The largest absolute Gasteiger partial charge is 0.454 e. The van der Waals surface area contributed by atoms with E-state index in [0.717, 1.165) is 22.0 Å². The quantitative estimate of drug-likeness (QED) is 0.748. The zero-order chi connectivity index (χ0) is 15.6. The van der Waals surface area contributed by atoms with E-state index in [-0.39, 0.29) is 12.7 Å². The molecule has 0 unspecified atom stereocenters. The van der Waals surface area contributed by atoms with Gasteiger partial charge in [0.15, 0.2) is 16.5 Å². The number of ether oxygens (including phenoxy) is 2. The predicted octanol–water partition coefficient (Wildman–Crippen LogP) is 2.45. The minimum Gasteiger partial charge on any atom is -0.454 e. The Morgan fingerprint density at radius 1 is 1.39 bits per heavy atom. The number of nitrogens with zero attached hydrogens (tertiary/aromatic N) is 2. The molecule has 0 atom stereocenters. The Morgan fingerprint density at radius 3 is 3.22 bits per heavy atom. The Hall–Kier alpha value is -2.80. The van der Waals surface area contributed by atoms with Gasteiger partial charge in [0, 0.05) is 23.8 Å². The fourth-order valence-corrected chi connectivity index (χ4v) is 3.01. The maximum atomic E-state index is 11.9. The highest BCUT2D eigenvalue weighted by atomic mass is 32.1. The van der Waals surface area contributed by atoms with Crippen LogP contribution in [0.25, 0.3) is 11.0 Å². The third-order valence-corrected chi connectivity index (χ3v) is 4.18. The van der Waals surface area contributed by atoms with E-state index < -0.39 is 0 Å². The summed E-state index contributed by atoms with van der Waals surface area (Å²) in [6.07, 6.45) is 7.09. The highest BCUT2D eigenvalue weighted by Crippen LogP contribution is 2.32. The SMILES string of the molecule is O=C(/C=C/c1ccc2c(c1)OCO2)NCc1cn2ccsc2n1. The number of amides is 1. The summed E-state index contributed by atoms with van der Waals surface area (Å²) in [4.78, 5) is 17.2. The first-order valence-corrected chi connectivity index (χ1v) is 7.92. The van der Waals surface area contributed by atoms with E-state index in [9.17, 15) is 4.79 Å². The maximum absolute atomic E-state index is 11.9. The van der Waals surface area contributed by atoms with Crippen LogP contribution in [0, 0.1) is 0 Å². The number of hydrogen-bond acceptors (Lipinski definition) is 5. The van der Waals surface area contributed by atoms with E-state index in [1.807, 2.05) is 40.4 Å². The molecule has 0 saturated carbocycles. The summed E-state index contributed by atoms with van der Waals surface area (Å²) in [6, 6.07) is 5.55. The van der Waals surface area contributed by atoms with E-state index in [4.69, 9.17) is 9.47 Å². The Morgan fingerprint density at radius 2 is 2.30 bits per heavy atom. The van der Waals surface area contributed by atoms with E-state index in [2.05, 4.69) is 10.3 Å². The van der Waals surface area contributed by atoms with Crippen LogP contribution in [0.5, 0.6) is 11.5 Å². The van der Waals surface area contributed by atoms with Gasteiger partial charge in [-0.1, -0.05) is 6.07 Å². The lowest BCUT2D eigenvalue weighted by molar-refractivity contribution is -0.116. The van der Waals surface area contributed by atoms with E-state index in [1.54, 1.807) is 17.4 Å². The number of aromatic nitrogens is 2. The summed E-state index contributed by atoms with van der Waals surface area (Å²) in [7, 11) is 0. The highest BCUT2D eigenvalue weighted by molar-refractivity contribution is 7.15. The fraction of sp³-hybridized carbons (Fsp3) is 0.125. The molecule has 0 aliphatic carbocycles. The first-order chi connectivity index (χ1) is 11.3. The van der Waals surface area contributed by atoms with Crippen LogP contribution >= 0.6 is 11.3 Å². The van der Waals surface area contributed by atoms with Crippen LogP contribution in [0.1, 0.15) is 11.3 Å². The van der Waals surface area contributed by atoms with Crippen LogP contribution in [-0.4, -0.2) is 22.1 Å². The number of thiazole rings is 1. The Kier molecular flexibility index (Phi) is 3.47. The number of carbonyl (C=O) groups excluding carboxylic acids is 1.